The second-order valence-corrected chi connectivity index (χ2v) is 3.95. The molecule has 0 radical (unpaired) electrons. The van der Waals surface area contributed by atoms with Gasteiger partial charge < -0.3 is 10.1 Å². The number of carboxylic acids is 1. The second kappa shape index (κ2) is 4.00. The first kappa shape index (κ1) is 10.5. The first-order valence-corrected chi connectivity index (χ1v) is 5.52. The summed E-state index contributed by atoms with van der Waals surface area (Å²) in [5, 5.41) is 10.1. The van der Waals surface area contributed by atoms with E-state index in [0.29, 0.717) is 5.56 Å². The molecule has 0 aliphatic heterocycles. The number of pyridine rings is 1. The molecule has 3 aromatic rings. The zero-order valence-corrected chi connectivity index (χ0v) is 9.42. The third kappa shape index (κ3) is 1.55. The maximum Gasteiger partial charge on any atom is 0.352 e. The summed E-state index contributed by atoms with van der Waals surface area (Å²) in [6, 6.07) is 11.3. The molecule has 2 N–H and O–H groups in total. The Morgan fingerprint density at radius 3 is 2.78 bits per heavy atom. The summed E-state index contributed by atoms with van der Waals surface area (Å²) in [4.78, 5) is 18.2. The van der Waals surface area contributed by atoms with Crippen molar-refractivity contribution in [2.24, 2.45) is 0 Å². The molecule has 88 valence electrons. The molecular weight excluding hydrogens is 228 g/mol. The number of para-hydroxylation sites is 1. The lowest BCUT2D eigenvalue weighted by Gasteiger charge is -2.05. The molecule has 0 spiro atoms. The smallest absolute Gasteiger partial charge is 0.352 e. The van der Waals surface area contributed by atoms with Gasteiger partial charge in [0.25, 0.3) is 0 Å². The molecular formula is C14H10N2O2. The first-order chi connectivity index (χ1) is 8.77. The highest BCUT2D eigenvalue weighted by molar-refractivity contribution is 6.01. The van der Waals surface area contributed by atoms with Crippen LogP contribution in [0.4, 0.5) is 0 Å². The van der Waals surface area contributed by atoms with E-state index in [2.05, 4.69) is 9.97 Å². The summed E-state index contributed by atoms with van der Waals surface area (Å²) in [5.41, 5.74) is 2.48. The van der Waals surface area contributed by atoms with Gasteiger partial charge in [0, 0.05) is 28.9 Å². The van der Waals surface area contributed by atoms with Crippen LogP contribution in [0.3, 0.4) is 0 Å². The van der Waals surface area contributed by atoms with Gasteiger partial charge in [-0.15, -0.1) is 0 Å². The maximum absolute atomic E-state index is 11.1. The van der Waals surface area contributed by atoms with Gasteiger partial charge >= 0.3 is 5.97 Å². The van der Waals surface area contributed by atoms with Crippen LogP contribution in [0.15, 0.2) is 48.8 Å². The molecule has 1 aromatic carbocycles. The number of nitrogens with zero attached hydrogens (tertiary/aromatic N) is 1. The van der Waals surface area contributed by atoms with Crippen LogP contribution in [0.2, 0.25) is 0 Å². The summed E-state index contributed by atoms with van der Waals surface area (Å²) in [6.45, 7) is 0. The van der Waals surface area contributed by atoms with Crippen molar-refractivity contribution in [3.05, 3.63) is 54.5 Å². The molecule has 0 saturated heterocycles. The SMILES string of the molecule is O=C(O)c1[nH]ccc1-c1cccc2cccnc12. The van der Waals surface area contributed by atoms with E-state index in [1.807, 2.05) is 30.3 Å². The molecule has 0 bridgehead atoms. The van der Waals surface area contributed by atoms with E-state index in [4.69, 9.17) is 5.11 Å². The highest BCUT2D eigenvalue weighted by Crippen LogP contribution is 2.29. The number of rotatable bonds is 2. The number of H-pyrrole nitrogens is 1. The lowest BCUT2D eigenvalue weighted by atomic mass is 10.0. The topological polar surface area (TPSA) is 66.0 Å². The first-order valence-electron chi connectivity index (χ1n) is 5.52. The molecule has 4 heteroatoms. The van der Waals surface area contributed by atoms with Gasteiger partial charge in [-0.2, -0.15) is 0 Å². The zero-order valence-electron chi connectivity index (χ0n) is 9.42. The molecule has 0 amide bonds. The van der Waals surface area contributed by atoms with Gasteiger partial charge in [0.2, 0.25) is 0 Å². The highest BCUT2D eigenvalue weighted by Gasteiger charge is 2.14. The molecule has 0 atom stereocenters. The third-order valence-corrected chi connectivity index (χ3v) is 2.88. The Labute approximate surface area is 103 Å². The van der Waals surface area contributed by atoms with Crippen LogP contribution in [0.1, 0.15) is 10.5 Å². The normalized spacial score (nSPS) is 10.7. The predicted octanol–water partition coefficient (Wildman–Crippen LogP) is 2.93. The van der Waals surface area contributed by atoms with E-state index in [0.717, 1.165) is 16.5 Å². The number of aromatic carboxylic acids is 1. The van der Waals surface area contributed by atoms with Crippen LogP contribution in [-0.2, 0) is 0 Å². The number of fused-ring (bicyclic) bond motifs is 1. The Morgan fingerprint density at radius 2 is 1.94 bits per heavy atom. The van der Waals surface area contributed by atoms with Gasteiger partial charge in [0.05, 0.1) is 5.52 Å². The molecule has 0 unspecified atom stereocenters. The predicted molar refractivity (Wildman–Crippen MR) is 68.5 cm³/mol. The number of carboxylic acid groups (broad SMARTS) is 1. The average molecular weight is 238 g/mol. The van der Waals surface area contributed by atoms with E-state index in [1.54, 1.807) is 18.5 Å². The summed E-state index contributed by atoms with van der Waals surface area (Å²) in [5.74, 6) is -0.970. The molecule has 0 fully saturated rings. The maximum atomic E-state index is 11.1. The summed E-state index contributed by atoms with van der Waals surface area (Å²) in [7, 11) is 0. The molecule has 2 heterocycles. The van der Waals surface area contributed by atoms with Gasteiger partial charge in [-0.3, -0.25) is 4.98 Å². The number of nitrogens with one attached hydrogen (secondary N) is 1. The van der Waals surface area contributed by atoms with Crippen molar-refractivity contribution < 1.29 is 9.90 Å². The molecule has 3 rings (SSSR count). The molecule has 18 heavy (non-hydrogen) atoms. The van der Waals surface area contributed by atoms with Crippen LogP contribution >= 0.6 is 0 Å². The molecule has 4 nitrogen and oxygen atoms in total. The van der Waals surface area contributed by atoms with E-state index < -0.39 is 5.97 Å². The standard InChI is InChI=1S/C14H10N2O2/c17-14(18)13-11(6-8-16-13)10-5-1-3-9-4-2-7-15-12(9)10/h1-8,16H,(H,17,18). The third-order valence-electron chi connectivity index (χ3n) is 2.88. The molecule has 0 saturated carbocycles. The van der Waals surface area contributed by atoms with E-state index >= 15 is 0 Å². The Hall–Kier alpha value is -2.62. The number of aromatic amines is 1. The highest BCUT2D eigenvalue weighted by atomic mass is 16.4. The Bertz CT molecular complexity index is 726. The number of benzene rings is 1. The van der Waals surface area contributed by atoms with Crippen LogP contribution in [0, 0.1) is 0 Å². The van der Waals surface area contributed by atoms with Gasteiger partial charge in [-0.05, 0) is 12.1 Å². The van der Waals surface area contributed by atoms with Gasteiger partial charge in [0.15, 0.2) is 0 Å². The lowest BCUT2D eigenvalue weighted by Crippen LogP contribution is -1.99. The molecule has 0 aliphatic carbocycles. The van der Waals surface area contributed by atoms with Crippen LogP contribution < -0.4 is 0 Å². The minimum absolute atomic E-state index is 0.188. The van der Waals surface area contributed by atoms with Crippen molar-refractivity contribution >= 4 is 16.9 Å². The van der Waals surface area contributed by atoms with Crippen molar-refractivity contribution in [1.29, 1.82) is 0 Å². The van der Waals surface area contributed by atoms with Crippen molar-refractivity contribution in [2.45, 2.75) is 0 Å². The van der Waals surface area contributed by atoms with Crippen LogP contribution in [0.5, 0.6) is 0 Å². The Kier molecular flexibility index (Phi) is 2.34. The van der Waals surface area contributed by atoms with Gasteiger partial charge in [-0.1, -0.05) is 24.3 Å². The largest absolute Gasteiger partial charge is 0.477 e. The number of hydrogen-bond donors (Lipinski definition) is 2. The van der Waals surface area contributed by atoms with Crippen molar-refractivity contribution in [3.8, 4) is 11.1 Å². The second-order valence-electron chi connectivity index (χ2n) is 3.95. The Morgan fingerprint density at radius 1 is 1.11 bits per heavy atom. The fraction of sp³-hybridized carbons (Fsp3) is 0. The van der Waals surface area contributed by atoms with Crippen molar-refractivity contribution in [3.63, 3.8) is 0 Å². The summed E-state index contributed by atoms with van der Waals surface area (Å²) >= 11 is 0. The summed E-state index contributed by atoms with van der Waals surface area (Å²) in [6.07, 6.45) is 3.33. The number of carbonyl (C=O) groups is 1. The monoisotopic (exact) mass is 238 g/mol. The number of hydrogen-bond acceptors (Lipinski definition) is 2. The molecule has 2 aromatic heterocycles. The van der Waals surface area contributed by atoms with Gasteiger partial charge in [0.1, 0.15) is 5.69 Å². The summed E-state index contributed by atoms with van der Waals surface area (Å²) < 4.78 is 0. The lowest BCUT2D eigenvalue weighted by molar-refractivity contribution is 0.0692. The Balaban J connectivity index is 2.32. The van der Waals surface area contributed by atoms with Gasteiger partial charge in [-0.25, -0.2) is 4.79 Å². The van der Waals surface area contributed by atoms with E-state index in [1.165, 1.54) is 0 Å². The average Bonchev–Trinajstić information content (AvgIpc) is 2.87. The van der Waals surface area contributed by atoms with Crippen molar-refractivity contribution in [1.82, 2.24) is 9.97 Å². The molecule has 0 aliphatic rings. The fourth-order valence-corrected chi connectivity index (χ4v) is 2.09. The fourth-order valence-electron chi connectivity index (χ4n) is 2.09. The van der Waals surface area contributed by atoms with E-state index in [-0.39, 0.29) is 5.69 Å². The minimum atomic E-state index is -0.970. The van der Waals surface area contributed by atoms with Crippen molar-refractivity contribution in [2.75, 3.05) is 0 Å². The van der Waals surface area contributed by atoms with Crippen LogP contribution in [-0.4, -0.2) is 21.0 Å². The zero-order chi connectivity index (χ0) is 12.5. The number of aromatic nitrogens is 2. The minimum Gasteiger partial charge on any atom is -0.477 e. The van der Waals surface area contributed by atoms with E-state index in [9.17, 15) is 4.79 Å². The quantitative estimate of drug-likeness (QED) is 0.721. The van der Waals surface area contributed by atoms with Crippen LogP contribution in [0.25, 0.3) is 22.0 Å².